The van der Waals surface area contributed by atoms with E-state index in [1.165, 1.54) is 11.9 Å². The molecule has 3 N–H and O–H groups in total. The molecule has 0 aromatic heterocycles. The number of aliphatic hydroxyl groups is 2. The number of β-amino-alcohol motifs (C(OH)–C–C–N with tert-alkyl or cyclic N) is 1. The molecule has 7 nitrogen and oxygen atoms in total. The molecule has 1 unspecified atom stereocenters. The van der Waals surface area contributed by atoms with Crippen LogP contribution in [0.5, 0.6) is 0 Å². The molecule has 1 rings (SSSR count). The van der Waals surface area contributed by atoms with Crippen molar-refractivity contribution in [1.82, 2.24) is 9.80 Å². The van der Waals surface area contributed by atoms with Crippen LogP contribution in [0.25, 0.3) is 0 Å². The van der Waals surface area contributed by atoms with Crippen LogP contribution in [-0.4, -0.2) is 75.5 Å². The number of aliphatic hydroxyl groups excluding tert-OH is 2. The lowest BCUT2D eigenvalue weighted by atomic mass is 10.2. The third-order valence-electron chi connectivity index (χ3n) is 3.04. The van der Waals surface area contributed by atoms with Gasteiger partial charge in [-0.1, -0.05) is 0 Å². The van der Waals surface area contributed by atoms with E-state index < -0.39 is 30.2 Å². The van der Waals surface area contributed by atoms with Crippen LogP contribution in [-0.2, 0) is 4.79 Å². The van der Waals surface area contributed by atoms with E-state index in [-0.39, 0.29) is 19.6 Å². The molecule has 3 atom stereocenters. The lowest BCUT2D eigenvalue weighted by molar-refractivity contribution is -0.141. The highest BCUT2D eigenvalue weighted by Crippen LogP contribution is 2.20. The summed E-state index contributed by atoms with van der Waals surface area (Å²) >= 11 is 0. The summed E-state index contributed by atoms with van der Waals surface area (Å²) in [6.07, 6.45) is -0.763. The molecule has 0 aromatic carbocycles. The summed E-state index contributed by atoms with van der Waals surface area (Å²) in [5, 5.41) is 27.3. The van der Waals surface area contributed by atoms with Crippen LogP contribution in [0.15, 0.2) is 0 Å². The molecule has 7 heteroatoms. The molecule has 0 aliphatic carbocycles. The number of hydrogen-bond acceptors (Lipinski definition) is 4. The van der Waals surface area contributed by atoms with Crippen molar-refractivity contribution in [2.75, 3.05) is 20.2 Å². The van der Waals surface area contributed by atoms with Gasteiger partial charge in [0.2, 0.25) is 0 Å². The van der Waals surface area contributed by atoms with Gasteiger partial charge in [0.15, 0.2) is 0 Å². The zero-order valence-corrected chi connectivity index (χ0v) is 9.91. The molecule has 98 valence electrons. The van der Waals surface area contributed by atoms with E-state index in [0.29, 0.717) is 0 Å². The number of carbonyl (C=O) groups excluding carboxylic acids is 1. The third kappa shape index (κ3) is 2.86. The molecule has 0 bridgehead atoms. The highest BCUT2D eigenvalue weighted by atomic mass is 16.4. The maximum absolute atomic E-state index is 12.0. The molecule has 1 fully saturated rings. The fourth-order valence-corrected chi connectivity index (χ4v) is 1.77. The number of nitrogens with zero attached hydrogens (tertiary/aromatic N) is 2. The molecule has 1 aliphatic rings. The van der Waals surface area contributed by atoms with E-state index >= 15 is 0 Å². The quantitative estimate of drug-likeness (QED) is 0.589. The number of carboxylic acid groups (broad SMARTS) is 1. The maximum Gasteiger partial charge on any atom is 0.326 e. The van der Waals surface area contributed by atoms with E-state index in [1.54, 1.807) is 6.92 Å². The van der Waals surface area contributed by atoms with Gasteiger partial charge >= 0.3 is 12.0 Å². The topological polar surface area (TPSA) is 101 Å². The van der Waals surface area contributed by atoms with Gasteiger partial charge < -0.3 is 25.1 Å². The molecular weight excluding hydrogens is 228 g/mol. The van der Waals surface area contributed by atoms with E-state index in [9.17, 15) is 14.7 Å². The average molecular weight is 246 g/mol. The second kappa shape index (κ2) is 5.33. The molecule has 0 radical (unpaired) electrons. The van der Waals surface area contributed by atoms with Crippen LogP contribution in [0.1, 0.15) is 13.3 Å². The zero-order chi connectivity index (χ0) is 13.2. The molecule has 1 heterocycles. The SMILES string of the molecule is CC(CO)N(C)C(=O)N1C[C@@H](O)C[C@H]1C(=O)O. The van der Waals surface area contributed by atoms with Gasteiger partial charge in [-0.15, -0.1) is 0 Å². The van der Waals surface area contributed by atoms with Crippen LogP contribution < -0.4 is 0 Å². The first-order chi connectivity index (χ1) is 7.88. The van der Waals surface area contributed by atoms with Crippen LogP contribution in [0, 0.1) is 0 Å². The van der Waals surface area contributed by atoms with E-state index in [0.717, 1.165) is 4.90 Å². The van der Waals surface area contributed by atoms with Crippen molar-refractivity contribution in [1.29, 1.82) is 0 Å². The van der Waals surface area contributed by atoms with Gasteiger partial charge in [-0.05, 0) is 6.92 Å². The van der Waals surface area contributed by atoms with Gasteiger partial charge in [0.05, 0.1) is 18.8 Å². The first-order valence-corrected chi connectivity index (χ1v) is 5.43. The molecule has 0 saturated carbocycles. The normalized spacial score (nSPS) is 25.8. The van der Waals surface area contributed by atoms with Gasteiger partial charge in [-0.2, -0.15) is 0 Å². The van der Waals surface area contributed by atoms with Gasteiger partial charge in [0, 0.05) is 20.0 Å². The summed E-state index contributed by atoms with van der Waals surface area (Å²) < 4.78 is 0. The number of rotatable bonds is 3. The standard InChI is InChI=1S/C10H18N2O5/c1-6(5-13)11(2)10(17)12-4-7(14)3-8(12)9(15)16/h6-8,13-14H,3-5H2,1-2H3,(H,15,16)/t6?,7-,8-/m0/s1. The van der Waals surface area contributed by atoms with Crippen molar-refractivity contribution in [2.24, 2.45) is 0 Å². The number of aliphatic carboxylic acids is 1. The monoisotopic (exact) mass is 246 g/mol. The fourth-order valence-electron chi connectivity index (χ4n) is 1.77. The Kier molecular flexibility index (Phi) is 4.30. The van der Waals surface area contributed by atoms with Crippen LogP contribution in [0.2, 0.25) is 0 Å². The Morgan fingerprint density at radius 2 is 2.12 bits per heavy atom. The summed E-state index contributed by atoms with van der Waals surface area (Å²) in [4.78, 5) is 25.3. The van der Waals surface area contributed by atoms with E-state index in [1.807, 2.05) is 0 Å². The minimum Gasteiger partial charge on any atom is -0.480 e. The minimum atomic E-state index is -1.13. The Labute approximate surface area is 99.2 Å². The Morgan fingerprint density at radius 3 is 2.59 bits per heavy atom. The second-order valence-electron chi connectivity index (χ2n) is 4.32. The predicted molar refractivity (Wildman–Crippen MR) is 58.5 cm³/mol. The van der Waals surface area contributed by atoms with Gasteiger partial charge in [0.1, 0.15) is 6.04 Å². The zero-order valence-electron chi connectivity index (χ0n) is 9.91. The summed E-state index contributed by atoms with van der Waals surface area (Å²) in [6.45, 7) is 1.47. The van der Waals surface area contributed by atoms with Crippen molar-refractivity contribution in [2.45, 2.75) is 31.5 Å². The lowest BCUT2D eigenvalue weighted by Gasteiger charge is -2.30. The molecule has 0 spiro atoms. The summed E-state index contributed by atoms with van der Waals surface area (Å²) in [5.74, 6) is -1.13. The van der Waals surface area contributed by atoms with Crippen molar-refractivity contribution in [3.63, 3.8) is 0 Å². The average Bonchev–Trinajstić information content (AvgIpc) is 2.68. The lowest BCUT2D eigenvalue weighted by Crippen LogP contribution is -2.50. The smallest absolute Gasteiger partial charge is 0.326 e. The number of carbonyl (C=O) groups is 2. The highest BCUT2D eigenvalue weighted by molar-refractivity contribution is 5.83. The van der Waals surface area contributed by atoms with Crippen molar-refractivity contribution in [3.8, 4) is 0 Å². The molecular formula is C10H18N2O5. The Morgan fingerprint density at radius 1 is 1.53 bits per heavy atom. The number of carboxylic acids is 1. The number of likely N-dealkylation sites (N-methyl/N-ethyl adjacent to an activating group) is 1. The van der Waals surface area contributed by atoms with E-state index in [2.05, 4.69) is 0 Å². The van der Waals surface area contributed by atoms with Gasteiger partial charge in [0.25, 0.3) is 0 Å². The highest BCUT2D eigenvalue weighted by Gasteiger charge is 2.40. The molecule has 1 saturated heterocycles. The molecule has 1 aliphatic heterocycles. The second-order valence-corrected chi connectivity index (χ2v) is 4.32. The summed E-state index contributed by atoms with van der Waals surface area (Å²) in [6, 6.07) is -1.88. The van der Waals surface area contributed by atoms with Gasteiger partial charge in [-0.25, -0.2) is 9.59 Å². The number of hydrogen-bond donors (Lipinski definition) is 3. The van der Waals surface area contributed by atoms with Crippen molar-refractivity contribution < 1.29 is 24.9 Å². The number of amides is 2. The predicted octanol–water partition coefficient (Wildman–Crippen LogP) is -1.06. The van der Waals surface area contributed by atoms with Crippen molar-refractivity contribution in [3.05, 3.63) is 0 Å². The summed E-state index contributed by atoms with van der Waals surface area (Å²) in [5.41, 5.74) is 0. The van der Waals surface area contributed by atoms with E-state index in [4.69, 9.17) is 10.2 Å². The Bertz CT molecular complexity index is 309. The van der Waals surface area contributed by atoms with Crippen LogP contribution >= 0.6 is 0 Å². The fraction of sp³-hybridized carbons (Fsp3) is 0.800. The number of urea groups is 1. The molecule has 17 heavy (non-hydrogen) atoms. The molecule has 2 amide bonds. The largest absolute Gasteiger partial charge is 0.480 e. The first-order valence-electron chi connectivity index (χ1n) is 5.43. The minimum absolute atomic E-state index is 0.0122. The first kappa shape index (κ1) is 13.7. The Balaban J connectivity index is 2.77. The number of likely N-dealkylation sites (tertiary alicyclic amines) is 1. The Hall–Kier alpha value is -1.34. The van der Waals surface area contributed by atoms with Gasteiger partial charge in [-0.3, -0.25) is 0 Å². The molecule has 0 aromatic rings. The van der Waals surface area contributed by atoms with Crippen LogP contribution in [0.4, 0.5) is 4.79 Å². The van der Waals surface area contributed by atoms with Crippen molar-refractivity contribution >= 4 is 12.0 Å². The summed E-state index contributed by atoms with van der Waals surface area (Å²) in [7, 11) is 1.49. The maximum atomic E-state index is 12.0. The third-order valence-corrected chi connectivity index (χ3v) is 3.04. The van der Waals surface area contributed by atoms with Crippen LogP contribution in [0.3, 0.4) is 0 Å².